The second-order valence-electron chi connectivity index (χ2n) is 8.84. The number of nitrogens with one attached hydrogen (secondary N) is 3. The molecule has 0 radical (unpaired) electrons. The van der Waals surface area contributed by atoms with Gasteiger partial charge in [-0.15, -0.1) is 0 Å². The fourth-order valence-corrected chi connectivity index (χ4v) is 4.45. The summed E-state index contributed by atoms with van der Waals surface area (Å²) in [6.45, 7) is 1.95. The Morgan fingerprint density at radius 3 is 1.95 bits per heavy atom. The molecule has 0 saturated heterocycles. The number of amides is 3. The smallest absolute Gasteiger partial charge is 0.283 e. The van der Waals surface area contributed by atoms with Crippen LogP contribution in [0, 0.1) is 0 Å². The van der Waals surface area contributed by atoms with E-state index in [4.69, 9.17) is 11.6 Å². The van der Waals surface area contributed by atoms with Crippen molar-refractivity contribution in [3.05, 3.63) is 125 Å². The number of nitrogens with zero attached hydrogens (tertiary/aromatic N) is 1. The van der Waals surface area contributed by atoms with Crippen molar-refractivity contribution in [2.75, 3.05) is 20.9 Å². The van der Waals surface area contributed by atoms with Gasteiger partial charge in [0.1, 0.15) is 10.7 Å². The quantitative estimate of drug-likeness (QED) is 0.218. The molecule has 0 fully saturated rings. The van der Waals surface area contributed by atoms with E-state index in [1.54, 1.807) is 36.4 Å². The van der Waals surface area contributed by atoms with Crippen molar-refractivity contribution in [1.29, 1.82) is 0 Å². The number of benzene rings is 4. The number of carbonyl (C=O) groups excluding carboxylic acids is 3. The van der Waals surface area contributed by atoms with Gasteiger partial charge < -0.3 is 16.0 Å². The number of imide groups is 1. The molecule has 0 unspecified atom stereocenters. The lowest BCUT2D eigenvalue weighted by molar-refractivity contribution is -0.120. The molecule has 1 aliphatic rings. The van der Waals surface area contributed by atoms with E-state index in [1.807, 2.05) is 73.7 Å². The van der Waals surface area contributed by atoms with Crippen molar-refractivity contribution in [1.82, 2.24) is 0 Å². The van der Waals surface area contributed by atoms with Gasteiger partial charge in [0.2, 0.25) is 0 Å². The van der Waals surface area contributed by atoms with E-state index in [1.165, 1.54) is 0 Å². The van der Waals surface area contributed by atoms with Gasteiger partial charge in [-0.25, -0.2) is 4.90 Å². The minimum atomic E-state index is -0.578. The van der Waals surface area contributed by atoms with Gasteiger partial charge in [-0.1, -0.05) is 54.9 Å². The van der Waals surface area contributed by atoms with Gasteiger partial charge in [-0.05, 0) is 78.7 Å². The van der Waals surface area contributed by atoms with Crippen LogP contribution in [0.25, 0.3) is 0 Å². The van der Waals surface area contributed by atoms with Crippen LogP contribution in [0.15, 0.2) is 114 Å². The van der Waals surface area contributed by atoms with E-state index < -0.39 is 11.8 Å². The number of aryl methyl sites for hydroxylation is 1. The van der Waals surface area contributed by atoms with Crippen LogP contribution in [0.2, 0.25) is 0 Å². The number of hydrogen-bond donors (Lipinski definition) is 3. The number of para-hydroxylation sites is 2. The molecule has 0 spiro atoms. The Labute approximate surface area is 231 Å². The first kappa shape index (κ1) is 25.8. The zero-order chi connectivity index (χ0) is 27.4. The molecule has 1 aliphatic heterocycles. The molecule has 3 amide bonds. The second kappa shape index (κ2) is 11.2. The molecular weight excluding hydrogens is 512 g/mol. The van der Waals surface area contributed by atoms with Crippen molar-refractivity contribution in [3.8, 4) is 0 Å². The molecule has 5 rings (SSSR count). The number of anilines is 5. The molecular formula is C31H25ClN4O3. The van der Waals surface area contributed by atoms with Gasteiger partial charge in [-0.3, -0.25) is 14.4 Å². The van der Waals surface area contributed by atoms with Gasteiger partial charge in [-0.2, -0.15) is 0 Å². The van der Waals surface area contributed by atoms with E-state index in [0.717, 1.165) is 21.8 Å². The third-order valence-electron chi connectivity index (χ3n) is 6.26. The maximum atomic E-state index is 13.1. The molecule has 3 N–H and O–H groups in total. The van der Waals surface area contributed by atoms with Crippen molar-refractivity contribution in [3.63, 3.8) is 0 Å². The first-order valence-corrected chi connectivity index (χ1v) is 12.8. The number of carbonyl (C=O) groups is 3. The molecule has 1 heterocycles. The predicted octanol–water partition coefficient (Wildman–Crippen LogP) is 6.68. The molecule has 4 aromatic carbocycles. The summed E-state index contributed by atoms with van der Waals surface area (Å²) in [6.07, 6.45) is 0.659. The second-order valence-corrected chi connectivity index (χ2v) is 9.22. The standard InChI is InChI=1S/C31H25ClN4O3/c1-2-20-8-6-7-11-26(20)36-30(38)27(32)28(31(36)39)34-24-14-12-21(13-15-24)29(37)35-25-18-16-23(17-19-25)33-22-9-4-3-5-10-22/h3-19,33-34H,2H2,1H3,(H,35,37). The minimum absolute atomic E-state index is 0.00558. The monoisotopic (exact) mass is 536 g/mol. The molecule has 0 bridgehead atoms. The topological polar surface area (TPSA) is 90.5 Å². The highest BCUT2D eigenvalue weighted by atomic mass is 35.5. The van der Waals surface area contributed by atoms with Gasteiger partial charge in [0.25, 0.3) is 17.7 Å². The van der Waals surface area contributed by atoms with E-state index in [9.17, 15) is 14.4 Å². The molecule has 194 valence electrons. The van der Waals surface area contributed by atoms with E-state index in [-0.39, 0.29) is 16.6 Å². The lowest BCUT2D eigenvalue weighted by Crippen LogP contribution is -2.33. The molecule has 0 aliphatic carbocycles. The van der Waals surface area contributed by atoms with Crippen LogP contribution in [0.4, 0.5) is 28.4 Å². The van der Waals surface area contributed by atoms with Crippen molar-refractivity contribution >= 4 is 57.8 Å². The highest BCUT2D eigenvalue weighted by molar-refractivity contribution is 6.53. The summed E-state index contributed by atoms with van der Waals surface area (Å²) in [7, 11) is 0. The lowest BCUT2D eigenvalue weighted by Gasteiger charge is -2.18. The van der Waals surface area contributed by atoms with Crippen LogP contribution in [0.3, 0.4) is 0 Å². The summed E-state index contributed by atoms with van der Waals surface area (Å²) in [5.74, 6) is -1.39. The van der Waals surface area contributed by atoms with Crippen molar-refractivity contribution in [2.24, 2.45) is 0 Å². The normalized spacial score (nSPS) is 13.0. The van der Waals surface area contributed by atoms with Crippen LogP contribution >= 0.6 is 11.6 Å². The van der Waals surface area contributed by atoms with Crippen LogP contribution in [-0.2, 0) is 16.0 Å². The lowest BCUT2D eigenvalue weighted by atomic mass is 10.1. The average Bonchev–Trinajstić information content (AvgIpc) is 3.17. The predicted molar refractivity (Wildman–Crippen MR) is 155 cm³/mol. The fourth-order valence-electron chi connectivity index (χ4n) is 4.24. The Hall–Kier alpha value is -4.88. The minimum Gasteiger partial charge on any atom is -0.356 e. The molecule has 0 atom stereocenters. The Morgan fingerprint density at radius 2 is 1.26 bits per heavy atom. The molecule has 8 heteroatoms. The van der Waals surface area contributed by atoms with Crippen LogP contribution in [-0.4, -0.2) is 17.7 Å². The maximum Gasteiger partial charge on any atom is 0.283 e. The summed E-state index contributed by atoms with van der Waals surface area (Å²) >= 11 is 6.28. The van der Waals surface area contributed by atoms with E-state index in [2.05, 4.69) is 16.0 Å². The summed E-state index contributed by atoms with van der Waals surface area (Å²) in [4.78, 5) is 39.8. The van der Waals surface area contributed by atoms with Gasteiger partial charge >= 0.3 is 0 Å². The Bertz CT molecular complexity index is 1570. The Balaban J connectivity index is 1.23. The zero-order valence-corrected chi connectivity index (χ0v) is 21.8. The van der Waals surface area contributed by atoms with Gasteiger partial charge in [0.15, 0.2) is 0 Å². The Morgan fingerprint density at radius 1 is 0.692 bits per heavy atom. The van der Waals surface area contributed by atoms with Crippen LogP contribution in [0.5, 0.6) is 0 Å². The van der Waals surface area contributed by atoms with E-state index in [0.29, 0.717) is 29.0 Å². The summed E-state index contributed by atoms with van der Waals surface area (Å²) in [5, 5.41) is 8.94. The average molecular weight is 537 g/mol. The summed E-state index contributed by atoms with van der Waals surface area (Å²) in [6, 6.07) is 31.0. The molecule has 0 saturated carbocycles. The van der Waals surface area contributed by atoms with Crippen LogP contribution < -0.4 is 20.9 Å². The van der Waals surface area contributed by atoms with Gasteiger partial charge in [0.05, 0.1) is 5.69 Å². The Kier molecular flexibility index (Phi) is 7.43. The highest BCUT2D eigenvalue weighted by Gasteiger charge is 2.39. The zero-order valence-electron chi connectivity index (χ0n) is 21.1. The molecule has 7 nitrogen and oxygen atoms in total. The first-order chi connectivity index (χ1) is 18.9. The largest absolute Gasteiger partial charge is 0.356 e. The third kappa shape index (κ3) is 5.54. The molecule has 0 aromatic heterocycles. The fraction of sp³-hybridized carbons (Fsp3) is 0.0645. The van der Waals surface area contributed by atoms with Crippen molar-refractivity contribution in [2.45, 2.75) is 13.3 Å². The summed E-state index contributed by atoms with van der Waals surface area (Å²) < 4.78 is 0. The van der Waals surface area contributed by atoms with Crippen molar-refractivity contribution < 1.29 is 14.4 Å². The number of rotatable bonds is 8. The number of halogens is 1. The van der Waals surface area contributed by atoms with E-state index >= 15 is 0 Å². The van der Waals surface area contributed by atoms with Crippen LogP contribution in [0.1, 0.15) is 22.8 Å². The SMILES string of the molecule is CCc1ccccc1N1C(=O)C(Cl)=C(Nc2ccc(C(=O)Nc3ccc(Nc4ccccc4)cc3)cc2)C1=O. The molecule has 39 heavy (non-hydrogen) atoms. The molecule has 4 aromatic rings. The maximum absolute atomic E-state index is 13.1. The first-order valence-electron chi connectivity index (χ1n) is 12.4. The number of hydrogen-bond acceptors (Lipinski definition) is 5. The third-order valence-corrected chi connectivity index (χ3v) is 6.61. The van der Waals surface area contributed by atoms with Gasteiger partial charge in [0, 0.05) is 28.3 Å². The highest BCUT2D eigenvalue weighted by Crippen LogP contribution is 2.32. The summed E-state index contributed by atoms with van der Waals surface area (Å²) in [5.41, 5.74) is 4.85.